The molecule has 2 N–H and O–H groups in total. The Balaban J connectivity index is 2.07. The molecule has 0 fully saturated rings. The van der Waals surface area contributed by atoms with Crippen molar-refractivity contribution in [2.24, 2.45) is 12.0 Å². The largest absolute Gasteiger partial charge is 0.386 e. The quantitative estimate of drug-likeness (QED) is 0.630. The molecule has 130 valence electrons. The lowest BCUT2D eigenvalue weighted by Crippen LogP contribution is -2.39. The van der Waals surface area contributed by atoms with Crippen LogP contribution in [0.15, 0.2) is 47.6 Å². The van der Waals surface area contributed by atoms with Crippen LogP contribution in [0.2, 0.25) is 0 Å². The van der Waals surface area contributed by atoms with Crippen LogP contribution in [-0.2, 0) is 13.6 Å². The summed E-state index contributed by atoms with van der Waals surface area (Å²) in [4.78, 5) is 6.43. The molecule has 1 aromatic heterocycles. The lowest BCUT2D eigenvalue weighted by atomic mass is 10.1. The average molecular weight is 332 g/mol. The van der Waals surface area contributed by atoms with E-state index < -0.39 is 11.9 Å². The predicted octanol–water partition coefficient (Wildman–Crippen LogP) is 2.30. The van der Waals surface area contributed by atoms with E-state index in [1.165, 1.54) is 6.07 Å². The van der Waals surface area contributed by atoms with Crippen molar-refractivity contribution in [3.63, 3.8) is 0 Å². The normalized spacial score (nSPS) is 13.0. The highest BCUT2D eigenvalue weighted by atomic mass is 19.1. The number of guanidine groups is 1. The fourth-order valence-corrected chi connectivity index (χ4v) is 2.46. The molecular weight excluding hydrogens is 307 g/mol. The maximum atomic E-state index is 13.7. The summed E-state index contributed by atoms with van der Waals surface area (Å²) in [6, 6.07) is 10.3. The van der Waals surface area contributed by atoms with E-state index >= 15 is 0 Å². The molecule has 0 radical (unpaired) electrons. The highest BCUT2D eigenvalue weighted by Gasteiger charge is 2.13. The lowest BCUT2D eigenvalue weighted by molar-refractivity contribution is 0.181. The lowest BCUT2D eigenvalue weighted by Gasteiger charge is -2.23. The smallest absolute Gasteiger partial charge is 0.194 e. The van der Waals surface area contributed by atoms with Crippen molar-refractivity contribution >= 4 is 5.96 Å². The number of nitrogens with zero attached hydrogens (tertiary/aromatic N) is 3. The molecule has 1 atom stereocenters. The predicted molar refractivity (Wildman–Crippen MR) is 94.2 cm³/mol. The van der Waals surface area contributed by atoms with Gasteiger partial charge in [-0.1, -0.05) is 18.2 Å². The first-order valence-electron chi connectivity index (χ1n) is 8.05. The second kappa shape index (κ2) is 8.49. The minimum absolute atomic E-state index is 0.0980. The highest BCUT2D eigenvalue weighted by Crippen LogP contribution is 2.16. The van der Waals surface area contributed by atoms with Gasteiger partial charge in [-0.15, -0.1) is 0 Å². The fraction of sp³-hybridized carbons (Fsp3) is 0.389. The van der Waals surface area contributed by atoms with E-state index in [-0.39, 0.29) is 12.1 Å². The monoisotopic (exact) mass is 332 g/mol. The number of hydrogen-bond donors (Lipinski definition) is 2. The van der Waals surface area contributed by atoms with E-state index in [1.54, 1.807) is 18.2 Å². The van der Waals surface area contributed by atoms with Crippen LogP contribution in [0.4, 0.5) is 4.39 Å². The molecule has 1 heterocycles. The SMILES string of the molecule is CCNC(=NCC(O)c1ccccc1F)N(C)Cc1cccn1C. The summed E-state index contributed by atoms with van der Waals surface area (Å²) < 4.78 is 15.8. The Bertz CT molecular complexity index is 683. The number of aliphatic imine (C=N–C) groups is 1. The Morgan fingerprint density at radius 3 is 2.71 bits per heavy atom. The van der Waals surface area contributed by atoms with Gasteiger partial charge in [0.1, 0.15) is 11.9 Å². The molecule has 0 aliphatic rings. The van der Waals surface area contributed by atoms with Crippen LogP contribution in [0, 0.1) is 5.82 Å². The van der Waals surface area contributed by atoms with E-state index in [2.05, 4.69) is 10.3 Å². The molecule has 0 saturated heterocycles. The van der Waals surface area contributed by atoms with Crippen LogP contribution in [0.3, 0.4) is 0 Å². The van der Waals surface area contributed by atoms with E-state index in [9.17, 15) is 9.50 Å². The summed E-state index contributed by atoms with van der Waals surface area (Å²) in [5.41, 5.74) is 1.42. The second-order valence-electron chi connectivity index (χ2n) is 5.70. The van der Waals surface area contributed by atoms with Crippen LogP contribution in [0.1, 0.15) is 24.3 Å². The first-order valence-corrected chi connectivity index (χ1v) is 8.05. The minimum atomic E-state index is -0.969. The van der Waals surface area contributed by atoms with Gasteiger partial charge in [0.25, 0.3) is 0 Å². The number of aliphatic hydroxyl groups is 1. The first kappa shape index (κ1) is 18.0. The molecule has 2 aromatic rings. The zero-order valence-corrected chi connectivity index (χ0v) is 14.4. The zero-order valence-electron chi connectivity index (χ0n) is 14.4. The van der Waals surface area contributed by atoms with Gasteiger partial charge in [0, 0.05) is 38.1 Å². The van der Waals surface area contributed by atoms with Gasteiger partial charge >= 0.3 is 0 Å². The van der Waals surface area contributed by atoms with Gasteiger partial charge in [-0.25, -0.2) is 4.39 Å². The highest BCUT2D eigenvalue weighted by molar-refractivity contribution is 5.79. The molecule has 0 amide bonds. The zero-order chi connectivity index (χ0) is 17.5. The summed E-state index contributed by atoms with van der Waals surface area (Å²) in [5.74, 6) is 0.261. The van der Waals surface area contributed by atoms with Crippen LogP contribution >= 0.6 is 0 Å². The van der Waals surface area contributed by atoms with Crippen molar-refractivity contribution in [1.29, 1.82) is 0 Å². The summed E-state index contributed by atoms with van der Waals surface area (Å²) in [7, 11) is 3.93. The Labute approximate surface area is 142 Å². The molecule has 24 heavy (non-hydrogen) atoms. The van der Waals surface area contributed by atoms with Crippen molar-refractivity contribution in [2.45, 2.75) is 19.6 Å². The van der Waals surface area contributed by atoms with Crippen molar-refractivity contribution in [3.8, 4) is 0 Å². The molecule has 0 aliphatic heterocycles. The van der Waals surface area contributed by atoms with Crippen LogP contribution in [0.5, 0.6) is 0 Å². The maximum Gasteiger partial charge on any atom is 0.194 e. The van der Waals surface area contributed by atoms with Gasteiger partial charge in [-0.05, 0) is 25.1 Å². The van der Waals surface area contributed by atoms with Crippen molar-refractivity contribution in [3.05, 3.63) is 59.7 Å². The van der Waals surface area contributed by atoms with Gasteiger partial charge < -0.3 is 19.9 Å². The van der Waals surface area contributed by atoms with Crippen molar-refractivity contribution < 1.29 is 9.50 Å². The van der Waals surface area contributed by atoms with Gasteiger partial charge in [0.05, 0.1) is 13.1 Å². The summed E-state index contributed by atoms with van der Waals surface area (Å²) in [5, 5.41) is 13.4. The van der Waals surface area contributed by atoms with Crippen molar-refractivity contribution in [2.75, 3.05) is 20.1 Å². The molecule has 0 saturated carbocycles. The summed E-state index contributed by atoms with van der Waals surface area (Å²) in [6.45, 7) is 3.48. The summed E-state index contributed by atoms with van der Waals surface area (Å²) in [6.07, 6.45) is 1.03. The van der Waals surface area contributed by atoms with Gasteiger partial charge in [-0.2, -0.15) is 0 Å². The van der Waals surface area contributed by atoms with Crippen molar-refractivity contribution in [1.82, 2.24) is 14.8 Å². The number of halogens is 1. The van der Waals surface area contributed by atoms with Crippen LogP contribution < -0.4 is 5.32 Å². The standard InChI is InChI=1S/C18H25FN4O/c1-4-20-18(23(3)13-14-8-7-11-22(14)2)21-12-17(24)15-9-5-6-10-16(15)19/h5-11,17,24H,4,12-13H2,1-3H3,(H,20,21). The molecule has 0 bridgehead atoms. The molecule has 1 aromatic carbocycles. The Kier molecular flexibility index (Phi) is 6.37. The van der Waals surface area contributed by atoms with Gasteiger partial charge in [0.2, 0.25) is 0 Å². The third-order valence-electron chi connectivity index (χ3n) is 3.83. The molecule has 5 nitrogen and oxygen atoms in total. The van der Waals surface area contributed by atoms with Gasteiger partial charge in [-0.3, -0.25) is 4.99 Å². The number of benzene rings is 1. The molecule has 0 spiro atoms. The number of rotatable bonds is 6. The first-order chi connectivity index (χ1) is 11.5. The molecule has 1 unspecified atom stereocenters. The Morgan fingerprint density at radius 2 is 2.08 bits per heavy atom. The van der Waals surface area contributed by atoms with E-state index in [0.29, 0.717) is 19.0 Å². The fourth-order valence-electron chi connectivity index (χ4n) is 2.46. The van der Waals surface area contributed by atoms with E-state index in [1.807, 2.05) is 48.8 Å². The number of aromatic nitrogens is 1. The maximum absolute atomic E-state index is 13.7. The molecule has 0 aliphatic carbocycles. The third kappa shape index (κ3) is 4.58. The minimum Gasteiger partial charge on any atom is -0.386 e. The topological polar surface area (TPSA) is 52.8 Å². The van der Waals surface area contributed by atoms with E-state index in [4.69, 9.17) is 0 Å². The average Bonchev–Trinajstić information content (AvgIpc) is 2.96. The third-order valence-corrected chi connectivity index (χ3v) is 3.83. The second-order valence-corrected chi connectivity index (χ2v) is 5.70. The van der Waals surface area contributed by atoms with Gasteiger partial charge in [0.15, 0.2) is 5.96 Å². The molecule has 6 heteroatoms. The summed E-state index contributed by atoms with van der Waals surface area (Å²) >= 11 is 0. The Hall–Kier alpha value is -2.34. The number of nitrogens with one attached hydrogen (secondary N) is 1. The van der Waals surface area contributed by atoms with E-state index in [0.717, 1.165) is 5.69 Å². The Morgan fingerprint density at radius 1 is 1.33 bits per heavy atom. The number of aliphatic hydroxyl groups excluding tert-OH is 1. The van der Waals surface area contributed by atoms with Crippen LogP contribution in [-0.4, -0.2) is 40.7 Å². The number of aryl methyl sites for hydroxylation is 1. The van der Waals surface area contributed by atoms with Crippen LogP contribution in [0.25, 0.3) is 0 Å². The molecule has 2 rings (SSSR count). The number of hydrogen-bond acceptors (Lipinski definition) is 2. The molecular formula is C18H25FN4O.